The van der Waals surface area contributed by atoms with Gasteiger partial charge in [-0.05, 0) is 52.9 Å². The first-order valence-corrected chi connectivity index (χ1v) is 11.4. The summed E-state index contributed by atoms with van der Waals surface area (Å²) in [6, 6.07) is 23.8. The number of oxime groups is 1. The molecule has 0 fully saturated rings. The first-order chi connectivity index (χ1) is 17.4. The summed E-state index contributed by atoms with van der Waals surface area (Å²) >= 11 is 5.97. The SMILES string of the molecule is Cc1ccccc1[C@H](CC(=NO)c1cc(Cl)ncc1F)c1ccc(-c2ccc(OC(=O)O)cc2)cc1. The van der Waals surface area contributed by atoms with Crippen LogP contribution < -0.4 is 4.74 Å². The molecule has 4 rings (SSSR count). The molecule has 0 aliphatic heterocycles. The fraction of sp³-hybridized carbons (Fsp3) is 0.107. The number of aryl methyl sites for hydroxylation is 1. The maximum atomic E-state index is 14.5. The van der Waals surface area contributed by atoms with Gasteiger partial charge in [0.2, 0.25) is 0 Å². The molecule has 0 unspecified atom stereocenters. The highest BCUT2D eigenvalue weighted by molar-refractivity contribution is 6.29. The lowest BCUT2D eigenvalue weighted by atomic mass is 9.83. The number of hydrogen-bond donors (Lipinski definition) is 2. The number of nitrogens with zero attached hydrogens (tertiary/aromatic N) is 2. The van der Waals surface area contributed by atoms with E-state index in [9.17, 15) is 14.4 Å². The van der Waals surface area contributed by atoms with Crippen molar-refractivity contribution >= 4 is 23.5 Å². The molecule has 4 aromatic rings. The summed E-state index contributed by atoms with van der Waals surface area (Å²) in [5.74, 6) is -0.619. The monoisotopic (exact) mass is 504 g/mol. The highest BCUT2D eigenvalue weighted by atomic mass is 35.5. The van der Waals surface area contributed by atoms with E-state index < -0.39 is 12.0 Å². The maximum Gasteiger partial charge on any atom is 0.511 e. The quantitative estimate of drug-likeness (QED) is 0.0687. The van der Waals surface area contributed by atoms with Crippen molar-refractivity contribution in [1.82, 2.24) is 4.98 Å². The predicted octanol–water partition coefficient (Wildman–Crippen LogP) is 7.31. The van der Waals surface area contributed by atoms with Crippen LogP contribution in [0.5, 0.6) is 5.75 Å². The minimum absolute atomic E-state index is 0.0939. The number of aromatic nitrogens is 1. The predicted molar refractivity (Wildman–Crippen MR) is 136 cm³/mol. The fourth-order valence-corrected chi connectivity index (χ4v) is 4.30. The smallest absolute Gasteiger partial charge is 0.449 e. The Hall–Kier alpha value is -4.23. The number of hydrogen-bond acceptors (Lipinski definition) is 5. The van der Waals surface area contributed by atoms with Crippen LogP contribution in [0, 0.1) is 12.7 Å². The van der Waals surface area contributed by atoms with Crippen molar-refractivity contribution in [1.29, 1.82) is 0 Å². The summed E-state index contributed by atoms with van der Waals surface area (Å²) in [4.78, 5) is 14.5. The van der Waals surface area contributed by atoms with Gasteiger partial charge in [0.15, 0.2) is 5.82 Å². The molecule has 0 saturated carbocycles. The van der Waals surface area contributed by atoms with Crippen LogP contribution in [-0.4, -0.2) is 27.2 Å². The van der Waals surface area contributed by atoms with Crippen molar-refractivity contribution in [2.75, 3.05) is 0 Å². The van der Waals surface area contributed by atoms with Gasteiger partial charge < -0.3 is 15.1 Å². The van der Waals surface area contributed by atoms with Gasteiger partial charge in [0.05, 0.1) is 11.9 Å². The van der Waals surface area contributed by atoms with Crippen molar-refractivity contribution in [2.45, 2.75) is 19.3 Å². The van der Waals surface area contributed by atoms with Gasteiger partial charge >= 0.3 is 6.16 Å². The highest BCUT2D eigenvalue weighted by Crippen LogP contribution is 2.34. The van der Waals surface area contributed by atoms with Crippen LogP contribution in [0.2, 0.25) is 5.15 Å². The van der Waals surface area contributed by atoms with Gasteiger partial charge in [-0.2, -0.15) is 0 Å². The number of benzene rings is 3. The van der Waals surface area contributed by atoms with Gasteiger partial charge in [0.25, 0.3) is 0 Å². The van der Waals surface area contributed by atoms with Crippen LogP contribution in [0.3, 0.4) is 0 Å². The molecule has 0 bridgehead atoms. The normalized spacial score (nSPS) is 12.2. The molecular formula is C28H22ClFN2O4. The highest BCUT2D eigenvalue weighted by Gasteiger charge is 2.22. The molecule has 0 aliphatic carbocycles. The molecule has 36 heavy (non-hydrogen) atoms. The van der Waals surface area contributed by atoms with Crippen molar-refractivity contribution < 1.29 is 24.2 Å². The number of carbonyl (C=O) groups is 1. The summed E-state index contributed by atoms with van der Waals surface area (Å²) in [5, 5.41) is 22.1. The summed E-state index contributed by atoms with van der Waals surface area (Å²) in [5.41, 5.74) is 5.07. The van der Waals surface area contributed by atoms with Gasteiger partial charge in [-0.1, -0.05) is 77.4 Å². The van der Waals surface area contributed by atoms with E-state index in [2.05, 4.69) is 14.9 Å². The zero-order valence-corrected chi connectivity index (χ0v) is 20.0. The van der Waals surface area contributed by atoms with E-state index in [4.69, 9.17) is 16.7 Å². The second kappa shape index (κ2) is 11.0. The molecule has 0 aliphatic rings. The third-order valence-corrected chi connectivity index (χ3v) is 6.13. The van der Waals surface area contributed by atoms with Crippen LogP contribution in [0.1, 0.15) is 34.6 Å². The molecule has 8 heteroatoms. The molecule has 0 radical (unpaired) electrons. The van der Waals surface area contributed by atoms with Crippen LogP contribution in [0.25, 0.3) is 11.1 Å². The molecule has 1 aromatic heterocycles. The van der Waals surface area contributed by atoms with Crippen LogP contribution in [0.4, 0.5) is 9.18 Å². The Balaban J connectivity index is 1.68. The Morgan fingerprint density at radius 3 is 2.31 bits per heavy atom. The van der Waals surface area contributed by atoms with E-state index in [0.717, 1.165) is 34.0 Å². The zero-order valence-electron chi connectivity index (χ0n) is 19.2. The summed E-state index contributed by atoms with van der Waals surface area (Å²) in [7, 11) is 0. The van der Waals surface area contributed by atoms with Gasteiger partial charge in [-0.3, -0.25) is 0 Å². The van der Waals surface area contributed by atoms with Gasteiger partial charge in [0, 0.05) is 17.9 Å². The second-order valence-corrected chi connectivity index (χ2v) is 8.55. The molecule has 182 valence electrons. The lowest BCUT2D eigenvalue weighted by Crippen LogP contribution is -2.13. The lowest BCUT2D eigenvalue weighted by Gasteiger charge is -2.21. The number of ether oxygens (including phenoxy) is 1. The molecule has 1 heterocycles. The zero-order chi connectivity index (χ0) is 25.7. The lowest BCUT2D eigenvalue weighted by molar-refractivity contribution is 0.144. The standard InChI is InChI=1S/C28H22ClFN2O4/c1-17-4-2-3-5-22(17)23(14-26(32-35)24-15-27(29)31-16-25(24)30)20-8-6-18(7-9-20)19-10-12-21(13-11-19)36-28(33)34/h2-13,15-16,23,35H,14H2,1H3,(H,33,34)/t23-/m1/s1. The first kappa shape index (κ1) is 24.9. The van der Waals surface area contributed by atoms with Crippen LogP contribution >= 0.6 is 11.6 Å². The van der Waals surface area contributed by atoms with E-state index >= 15 is 0 Å². The molecule has 2 N–H and O–H groups in total. The Morgan fingerprint density at radius 1 is 1.06 bits per heavy atom. The Morgan fingerprint density at radius 2 is 1.69 bits per heavy atom. The molecule has 3 aromatic carbocycles. The third-order valence-electron chi connectivity index (χ3n) is 5.92. The summed E-state index contributed by atoms with van der Waals surface area (Å²) in [6.07, 6.45) is -0.138. The van der Waals surface area contributed by atoms with E-state index in [1.807, 2.05) is 55.5 Å². The van der Waals surface area contributed by atoms with Crippen molar-refractivity contribution in [3.63, 3.8) is 0 Å². The molecule has 0 amide bonds. The largest absolute Gasteiger partial charge is 0.511 e. The molecule has 0 saturated heterocycles. The summed E-state index contributed by atoms with van der Waals surface area (Å²) < 4.78 is 19.2. The first-order valence-electron chi connectivity index (χ1n) is 11.0. The van der Waals surface area contributed by atoms with Crippen molar-refractivity contribution in [2.24, 2.45) is 5.16 Å². The van der Waals surface area contributed by atoms with E-state index in [0.29, 0.717) is 0 Å². The average Bonchev–Trinajstić information content (AvgIpc) is 2.87. The molecular weight excluding hydrogens is 483 g/mol. The number of rotatable bonds is 7. The van der Waals surface area contributed by atoms with E-state index in [-0.39, 0.29) is 34.5 Å². The minimum Gasteiger partial charge on any atom is -0.449 e. The molecule has 0 spiro atoms. The molecule has 1 atom stereocenters. The maximum absolute atomic E-state index is 14.5. The van der Waals surface area contributed by atoms with E-state index in [1.54, 1.807) is 24.3 Å². The number of carboxylic acid groups (broad SMARTS) is 1. The minimum atomic E-state index is -1.37. The van der Waals surface area contributed by atoms with E-state index in [1.165, 1.54) is 6.07 Å². The van der Waals surface area contributed by atoms with Gasteiger partial charge in [-0.15, -0.1) is 0 Å². The van der Waals surface area contributed by atoms with Gasteiger partial charge in [-0.25, -0.2) is 14.2 Å². The third kappa shape index (κ3) is 5.70. The Labute approximate surface area is 212 Å². The number of pyridine rings is 1. The van der Waals surface area contributed by atoms with Crippen molar-refractivity contribution in [3.05, 3.63) is 118 Å². The van der Waals surface area contributed by atoms with Crippen molar-refractivity contribution in [3.8, 4) is 16.9 Å². The number of halogens is 2. The average molecular weight is 505 g/mol. The van der Waals surface area contributed by atoms with Gasteiger partial charge in [0.1, 0.15) is 10.9 Å². The van der Waals surface area contributed by atoms with Crippen LogP contribution in [0.15, 0.2) is 90.2 Å². The Bertz CT molecular complexity index is 1410. The Kier molecular flexibility index (Phi) is 7.61. The van der Waals surface area contributed by atoms with Crippen LogP contribution in [-0.2, 0) is 0 Å². The molecule has 6 nitrogen and oxygen atoms in total. The second-order valence-electron chi connectivity index (χ2n) is 8.16. The topological polar surface area (TPSA) is 92.0 Å². The summed E-state index contributed by atoms with van der Waals surface area (Å²) in [6.45, 7) is 2.00. The fourth-order valence-electron chi connectivity index (χ4n) is 4.14.